The van der Waals surface area contributed by atoms with Gasteiger partial charge in [-0.1, -0.05) is 0 Å². The summed E-state index contributed by atoms with van der Waals surface area (Å²) in [6.45, 7) is 6.32. The zero-order chi connectivity index (χ0) is 14.2. The number of hydrogen-bond donors (Lipinski definition) is 1. The molecular weight excluding hydrogens is 242 g/mol. The zero-order valence-electron chi connectivity index (χ0n) is 11.6. The molecule has 19 heavy (non-hydrogen) atoms. The number of carbonyl (C=O) groups excluding carboxylic acids is 1. The molecule has 1 aliphatic rings. The minimum absolute atomic E-state index is 0.0621. The third-order valence-electron chi connectivity index (χ3n) is 3.64. The van der Waals surface area contributed by atoms with Crippen LogP contribution in [0.15, 0.2) is 18.2 Å². The van der Waals surface area contributed by atoms with Crippen LogP contribution in [0.1, 0.15) is 36.7 Å². The Morgan fingerprint density at radius 1 is 1.37 bits per heavy atom. The van der Waals surface area contributed by atoms with Gasteiger partial charge < -0.3 is 10.0 Å². The van der Waals surface area contributed by atoms with Crippen LogP contribution in [-0.2, 0) is 11.2 Å². The smallest absolute Gasteiger partial charge is 0.310 e. The Hall–Kier alpha value is -1.84. The van der Waals surface area contributed by atoms with Crippen LogP contribution in [0.5, 0.6) is 0 Å². The standard InChI is InChI=1S/C15H19NO3/c1-10(17)11-4-5-13-12(8-11)6-7-16(13)9-15(2,3)14(18)19/h4-5,8H,6-7,9H2,1-3H3,(H,18,19). The van der Waals surface area contributed by atoms with Gasteiger partial charge in [-0.2, -0.15) is 0 Å². The Balaban J connectivity index is 2.23. The Morgan fingerprint density at radius 2 is 2.05 bits per heavy atom. The van der Waals surface area contributed by atoms with E-state index in [9.17, 15) is 14.7 Å². The Bertz CT molecular complexity index is 534. The van der Waals surface area contributed by atoms with Crippen molar-refractivity contribution < 1.29 is 14.7 Å². The number of carboxylic acid groups (broad SMARTS) is 1. The van der Waals surface area contributed by atoms with Crippen LogP contribution in [0.3, 0.4) is 0 Å². The summed E-state index contributed by atoms with van der Waals surface area (Å²) < 4.78 is 0. The average Bonchev–Trinajstić information content (AvgIpc) is 2.71. The maximum atomic E-state index is 11.4. The van der Waals surface area contributed by atoms with Crippen LogP contribution in [0.2, 0.25) is 0 Å². The van der Waals surface area contributed by atoms with Crippen molar-refractivity contribution in [2.75, 3.05) is 18.0 Å². The first-order valence-corrected chi connectivity index (χ1v) is 6.43. The number of carbonyl (C=O) groups is 2. The SMILES string of the molecule is CC(=O)c1ccc2c(c1)CCN2CC(C)(C)C(=O)O. The highest BCUT2D eigenvalue weighted by Crippen LogP contribution is 2.31. The lowest BCUT2D eigenvalue weighted by Crippen LogP contribution is -2.38. The van der Waals surface area contributed by atoms with Gasteiger partial charge in [0, 0.05) is 24.3 Å². The molecule has 0 atom stereocenters. The van der Waals surface area contributed by atoms with Gasteiger partial charge in [0.05, 0.1) is 5.41 Å². The molecule has 1 aromatic carbocycles. The molecule has 1 aromatic rings. The third-order valence-corrected chi connectivity index (χ3v) is 3.64. The van der Waals surface area contributed by atoms with E-state index in [1.165, 1.54) is 0 Å². The predicted molar refractivity (Wildman–Crippen MR) is 73.8 cm³/mol. The van der Waals surface area contributed by atoms with Gasteiger partial charge in [-0.25, -0.2) is 0 Å². The Kier molecular flexibility index (Phi) is 3.35. The number of Topliss-reactive ketones (excluding diaryl/α,β-unsaturated/α-hetero) is 1. The summed E-state index contributed by atoms with van der Waals surface area (Å²) in [7, 11) is 0. The number of carboxylic acids is 1. The van der Waals surface area contributed by atoms with E-state index >= 15 is 0 Å². The summed E-state index contributed by atoms with van der Waals surface area (Å²) in [5.41, 5.74) is 2.13. The molecule has 1 N–H and O–H groups in total. The molecule has 4 heteroatoms. The summed E-state index contributed by atoms with van der Waals surface area (Å²) in [6, 6.07) is 5.66. The maximum Gasteiger partial charge on any atom is 0.310 e. The summed E-state index contributed by atoms with van der Waals surface area (Å²) in [6.07, 6.45) is 0.867. The number of anilines is 1. The quantitative estimate of drug-likeness (QED) is 0.845. The van der Waals surface area contributed by atoms with Crippen molar-refractivity contribution in [3.8, 4) is 0 Å². The second kappa shape index (κ2) is 4.68. The topological polar surface area (TPSA) is 57.6 Å². The highest BCUT2D eigenvalue weighted by Gasteiger charge is 2.32. The molecule has 0 unspecified atom stereocenters. The molecule has 4 nitrogen and oxygen atoms in total. The lowest BCUT2D eigenvalue weighted by Gasteiger charge is -2.28. The van der Waals surface area contributed by atoms with Crippen LogP contribution in [-0.4, -0.2) is 29.9 Å². The monoisotopic (exact) mass is 261 g/mol. The van der Waals surface area contributed by atoms with Crippen LogP contribution in [0.25, 0.3) is 0 Å². The summed E-state index contributed by atoms with van der Waals surface area (Å²) in [5.74, 6) is -0.728. The Morgan fingerprint density at radius 3 is 2.63 bits per heavy atom. The van der Waals surface area contributed by atoms with Crippen molar-refractivity contribution in [2.45, 2.75) is 27.2 Å². The highest BCUT2D eigenvalue weighted by molar-refractivity contribution is 5.95. The van der Waals surface area contributed by atoms with Gasteiger partial charge in [-0.05, 0) is 51.0 Å². The van der Waals surface area contributed by atoms with Crippen LogP contribution < -0.4 is 4.90 Å². The van der Waals surface area contributed by atoms with E-state index in [1.54, 1.807) is 20.8 Å². The molecule has 1 heterocycles. The first kappa shape index (κ1) is 13.6. The first-order valence-electron chi connectivity index (χ1n) is 6.43. The zero-order valence-corrected chi connectivity index (χ0v) is 11.6. The predicted octanol–water partition coefficient (Wildman–Crippen LogP) is 2.36. The molecule has 0 amide bonds. The number of fused-ring (bicyclic) bond motifs is 1. The molecule has 0 aliphatic carbocycles. The molecular formula is C15H19NO3. The summed E-state index contributed by atoms with van der Waals surface area (Å²) in [5, 5.41) is 9.20. The molecule has 0 saturated heterocycles. The van der Waals surface area contributed by atoms with E-state index in [1.807, 2.05) is 18.2 Å². The first-order chi connectivity index (χ1) is 8.81. The van der Waals surface area contributed by atoms with E-state index in [0.717, 1.165) is 29.8 Å². The number of hydrogen-bond acceptors (Lipinski definition) is 3. The fourth-order valence-electron chi connectivity index (χ4n) is 2.40. The van der Waals surface area contributed by atoms with Crippen molar-refractivity contribution in [2.24, 2.45) is 5.41 Å². The summed E-state index contributed by atoms with van der Waals surface area (Å²) >= 11 is 0. The van der Waals surface area contributed by atoms with Crippen molar-refractivity contribution in [3.63, 3.8) is 0 Å². The highest BCUT2D eigenvalue weighted by atomic mass is 16.4. The largest absolute Gasteiger partial charge is 0.481 e. The normalized spacial score (nSPS) is 14.4. The van der Waals surface area contributed by atoms with Crippen molar-refractivity contribution in [3.05, 3.63) is 29.3 Å². The van der Waals surface area contributed by atoms with Crippen molar-refractivity contribution in [1.82, 2.24) is 0 Å². The van der Waals surface area contributed by atoms with E-state index in [0.29, 0.717) is 6.54 Å². The number of nitrogens with zero attached hydrogens (tertiary/aromatic N) is 1. The molecule has 0 saturated carbocycles. The van der Waals surface area contributed by atoms with E-state index < -0.39 is 11.4 Å². The molecule has 0 aromatic heterocycles. The molecule has 0 bridgehead atoms. The number of ketones is 1. The lowest BCUT2D eigenvalue weighted by molar-refractivity contribution is -0.146. The van der Waals surface area contributed by atoms with Gasteiger partial charge in [0.2, 0.25) is 0 Å². The van der Waals surface area contributed by atoms with Crippen LogP contribution in [0.4, 0.5) is 5.69 Å². The second-order valence-corrected chi connectivity index (χ2v) is 5.76. The molecule has 1 aliphatic heterocycles. The minimum atomic E-state index is -0.790. The van der Waals surface area contributed by atoms with Crippen LogP contribution in [0, 0.1) is 5.41 Å². The molecule has 2 rings (SSSR count). The van der Waals surface area contributed by atoms with Crippen LogP contribution >= 0.6 is 0 Å². The van der Waals surface area contributed by atoms with E-state index in [-0.39, 0.29) is 5.78 Å². The minimum Gasteiger partial charge on any atom is -0.481 e. The summed E-state index contributed by atoms with van der Waals surface area (Å²) in [4.78, 5) is 24.6. The molecule has 0 spiro atoms. The van der Waals surface area contributed by atoms with Gasteiger partial charge in [0.15, 0.2) is 5.78 Å². The average molecular weight is 261 g/mol. The molecule has 102 valence electrons. The van der Waals surface area contributed by atoms with Gasteiger partial charge in [-0.3, -0.25) is 9.59 Å². The van der Waals surface area contributed by atoms with Gasteiger partial charge in [0.25, 0.3) is 0 Å². The van der Waals surface area contributed by atoms with Gasteiger partial charge in [0.1, 0.15) is 0 Å². The molecule has 0 radical (unpaired) electrons. The lowest BCUT2D eigenvalue weighted by atomic mass is 9.93. The fourth-order valence-corrected chi connectivity index (χ4v) is 2.40. The van der Waals surface area contributed by atoms with Gasteiger partial charge >= 0.3 is 5.97 Å². The molecule has 0 fully saturated rings. The second-order valence-electron chi connectivity index (χ2n) is 5.76. The van der Waals surface area contributed by atoms with Gasteiger partial charge in [-0.15, -0.1) is 0 Å². The fraction of sp³-hybridized carbons (Fsp3) is 0.467. The van der Waals surface area contributed by atoms with E-state index in [4.69, 9.17) is 0 Å². The number of aliphatic carboxylic acids is 1. The van der Waals surface area contributed by atoms with Crippen molar-refractivity contribution >= 4 is 17.4 Å². The van der Waals surface area contributed by atoms with E-state index in [2.05, 4.69) is 4.90 Å². The third kappa shape index (κ3) is 2.62. The number of benzene rings is 1. The maximum absolute atomic E-state index is 11.4. The van der Waals surface area contributed by atoms with Crippen molar-refractivity contribution in [1.29, 1.82) is 0 Å². The Labute approximate surface area is 113 Å². The number of rotatable bonds is 4.